The van der Waals surface area contributed by atoms with Crippen molar-refractivity contribution in [1.82, 2.24) is 19.9 Å². The molecule has 2 aromatic heterocycles. The highest BCUT2D eigenvalue weighted by Gasteiger charge is 2.21. The number of fused-ring (bicyclic) bond motifs is 1. The summed E-state index contributed by atoms with van der Waals surface area (Å²) in [7, 11) is 1.58. The number of nitrogens with zero attached hydrogens (tertiary/aromatic N) is 4. The maximum atomic E-state index is 12.8. The van der Waals surface area contributed by atoms with Gasteiger partial charge >= 0.3 is 0 Å². The number of nitrogens with two attached hydrogens (primary N) is 1. The molecule has 0 amide bonds. The number of imidazole rings is 1. The molecule has 0 spiro atoms. The van der Waals surface area contributed by atoms with Crippen molar-refractivity contribution >= 4 is 22.6 Å². The maximum Gasteiger partial charge on any atom is 0.199 e. The largest absolute Gasteiger partial charge is 0.497 e. The molecular formula is C18H15N5O3. The van der Waals surface area contributed by atoms with Crippen LogP contribution in [0.15, 0.2) is 53.2 Å². The number of aromatic nitrogens is 4. The number of benzene rings is 2. The zero-order valence-corrected chi connectivity index (χ0v) is 13.9. The molecule has 4 rings (SSSR count). The number of nitrogen functional groups attached to an aromatic ring is 1. The van der Waals surface area contributed by atoms with Crippen molar-refractivity contribution < 1.29 is 14.2 Å². The van der Waals surface area contributed by atoms with Crippen LogP contribution in [0.4, 0.5) is 5.82 Å². The first kappa shape index (κ1) is 15.8. The van der Waals surface area contributed by atoms with Crippen LogP contribution in [0.2, 0.25) is 0 Å². The highest BCUT2D eigenvalue weighted by atomic mass is 16.6. The summed E-state index contributed by atoms with van der Waals surface area (Å²) < 4.78 is 11.6. The van der Waals surface area contributed by atoms with E-state index in [0.29, 0.717) is 22.8 Å². The Balaban J connectivity index is 1.77. The predicted molar refractivity (Wildman–Crippen MR) is 94.8 cm³/mol. The molecule has 2 heterocycles. The molecule has 0 radical (unpaired) electrons. The second-order valence-electron chi connectivity index (χ2n) is 5.66. The Morgan fingerprint density at radius 3 is 2.62 bits per heavy atom. The number of rotatable bonds is 5. The molecule has 130 valence electrons. The van der Waals surface area contributed by atoms with Gasteiger partial charge < -0.3 is 15.0 Å². The molecule has 2 aromatic carbocycles. The molecule has 0 aliphatic carbocycles. The Kier molecular flexibility index (Phi) is 3.85. The molecule has 4 aromatic rings. The van der Waals surface area contributed by atoms with Gasteiger partial charge in [-0.05, 0) is 46.7 Å². The van der Waals surface area contributed by atoms with Gasteiger partial charge in [-0.25, -0.2) is 9.61 Å². The van der Waals surface area contributed by atoms with Gasteiger partial charge in [0.15, 0.2) is 23.1 Å². The number of carbonyl (C=O) groups is 1. The van der Waals surface area contributed by atoms with Gasteiger partial charge in [0.1, 0.15) is 5.75 Å². The fourth-order valence-electron chi connectivity index (χ4n) is 2.78. The fraction of sp³-hybridized carbons (Fsp3) is 0.111. The number of carbonyl (C=O) groups excluding carboxylic acids is 1. The lowest BCUT2D eigenvalue weighted by atomic mass is 10.1. The molecule has 0 aliphatic rings. The minimum atomic E-state index is -0.0768. The van der Waals surface area contributed by atoms with Crippen LogP contribution in [0.25, 0.3) is 22.6 Å². The average molecular weight is 349 g/mol. The number of ketones is 1. The summed E-state index contributed by atoms with van der Waals surface area (Å²) in [5, 5.41) is 7.42. The normalized spacial score (nSPS) is 11.0. The van der Waals surface area contributed by atoms with Crippen LogP contribution in [0.1, 0.15) is 10.4 Å². The Morgan fingerprint density at radius 1 is 1.15 bits per heavy atom. The average Bonchev–Trinajstić information content (AvgIpc) is 3.25. The van der Waals surface area contributed by atoms with Crippen molar-refractivity contribution in [3.63, 3.8) is 0 Å². The zero-order valence-electron chi connectivity index (χ0n) is 13.9. The molecule has 0 unspecified atom stereocenters. The third kappa shape index (κ3) is 2.67. The molecule has 8 nitrogen and oxygen atoms in total. The van der Waals surface area contributed by atoms with E-state index in [1.165, 1.54) is 0 Å². The van der Waals surface area contributed by atoms with Gasteiger partial charge in [0, 0.05) is 5.56 Å². The molecule has 0 fully saturated rings. The van der Waals surface area contributed by atoms with Crippen LogP contribution < -0.4 is 10.5 Å². The van der Waals surface area contributed by atoms with E-state index in [0.717, 1.165) is 11.0 Å². The second kappa shape index (κ2) is 6.32. The van der Waals surface area contributed by atoms with E-state index in [1.54, 1.807) is 35.9 Å². The Labute approximate surface area is 148 Å². The predicted octanol–water partition coefficient (Wildman–Crippen LogP) is 2.56. The highest BCUT2D eigenvalue weighted by Crippen LogP contribution is 2.27. The van der Waals surface area contributed by atoms with Crippen molar-refractivity contribution in [2.24, 2.45) is 0 Å². The van der Waals surface area contributed by atoms with Crippen LogP contribution in [-0.4, -0.2) is 32.8 Å². The molecule has 8 heteroatoms. The Hall–Kier alpha value is -3.68. The molecule has 2 N–H and O–H groups in total. The van der Waals surface area contributed by atoms with E-state index in [4.69, 9.17) is 10.5 Å². The third-order valence-electron chi connectivity index (χ3n) is 4.09. The van der Waals surface area contributed by atoms with Gasteiger partial charge in [-0.15, -0.1) is 0 Å². The number of anilines is 1. The van der Waals surface area contributed by atoms with Crippen molar-refractivity contribution in [2.75, 3.05) is 12.8 Å². The van der Waals surface area contributed by atoms with Crippen molar-refractivity contribution in [3.05, 3.63) is 54.1 Å². The van der Waals surface area contributed by atoms with E-state index in [1.807, 2.05) is 24.3 Å². The number of para-hydroxylation sites is 2. The number of ether oxygens (including phenoxy) is 1. The van der Waals surface area contributed by atoms with Crippen molar-refractivity contribution in [1.29, 1.82) is 0 Å². The molecule has 0 saturated heterocycles. The quantitative estimate of drug-likeness (QED) is 0.551. The van der Waals surface area contributed by atoms with Gasteiger partial charge in [-0.3, -0.25) is 4.79 Å². The summed E-state index contributed by atoms with van der Waals surface area (Å²) in [6.07, 6.45) is 0. The number of hydrogen-bond acceptors (Lipinski definition) is 7. The molecule has 0 bridgehead atoms. The number of Topliss-reactive ketones (excluding diaryl/α,β-unsaturated/α-hetero) is 1. The van der Waals surface area contributed by atoms with Gasteiger partial charge in [-0.1, -0.05) is 12.1 Å². The maximum absolute atomic E-state index is 12.8. The summed E-state index contributed by atoms with van der Waals surface area (Å²) in [6.45, 7) is 0.0779. The van der Waals surface area contributed by atoms with Crippen LogP contribution in [0.5, 0.6) is 5.75 Å². The molecular weight excluding hydrogens is 334 g/mol. The first-order valence-electron chi connectivity index (χ1n) is 7.88. The van der Waals surface area contributed by atoms with Crippen LogP contribution in [0.3, 0.4) is 0 Å². The van der Waals surface area contributed by atoms with Gasteiger partial charge in [-0.2, -0.15) is 0 Å². The SMILES string of the molecule is COc1ccc(C(=O)Cn2c(-c3nonc3N)nc3ccccc32)cc1. The third-order valence-corrected chi connectivity index (χ3v) is 4.09. The van der Waals surface area contributed by atoms with E-state index in [9.17, 15) is 4.79 Å². The van der Waals surface area contributed by atoms with E-state index in [-0.39, 0.29) is 18.1 Å². The van der Waals surface area contributed by atoms with Gasteiger partial charge in [0.2, 0.25) is 0 Å². The minimum absolute atomic E-state index is 0.0768. The minimum Gasteiger partial charge on any atom is -0.497 e. The molecule has 26 heavy (non-hydrogen) atoms. The Bertz CT molecular complexity index is 1080. The first-order chi connectivity index (χ1) is 12.7. The standard InChI is InChI=1S/C18H15N5O3/c1-25-12-8-6-11(7-9-12)15(24)10-23-14-5-3-2-4-13(14)20-18(23)16-17(19)22-26-21-16/h2-9H,10H2,1H3,(H2,19,22). The molecule has 0 saturated carbocycles. The van der Waals surface area contributed by atoms with Crippen LogP contribution >= 0.6 is 0 Å². The zero-order chi connectivity index (χ0) is 18.1. The second-order valence-corrected chi connectivity index (χ2v) is 5.66. The molecule has 0 atom stereocenters. The lowest BCUT2D eigenvalue weighted by Crippen LogP contribution is -2.12. The van der Waals surface area contributed by atoms with E-state index in [2.05, 4.69) is 19.9 Å². The lowest BCUT2D eigenvalue weighted by Gasteiger charge is -2.08. The monoisotopic (exact) mass is 349 g/mol. The van der Waals surface area contributed by atoms with Gasteiger partial charge in [0.25, 0.3) is 0 Å². The smallest absolute Gasteiger partial charge is 0.199 e. The topological polar surface area (TPSA) is 109 Å². The van der Waals surface area contributed by atoms with Crippen LogP contribution in [0, 0.1) is 0 Å². The van der Waals surface area contributed by atoms with Crippen molar-refractivity contribution in [3.8, 4) is 17.3 Å². The molecule has 0 aliphatic heterocycles. The fourth-order valence-corrected chi connectivity index (χ4v) is 2.78. The summed E-state index contributed by atoms with van der Waals surface area (Å²) in [4.78, 5) is 17.3. The summed E-state index contributed by atoms with van der Waals surface area (Å²) in [5.74, 6) is 1.18. The lowest BCUT2D eigenvalue weighted by molar-refractivity contribution is 0.0974. The van der Waals surface area contributed by atoms with Gasteiger partial charge in [0.05, 0.1) is 24.7 Å². The van der Waals surface area contributed by atoms with E-state index >= 15 is 0 Å². The first-order valence-corrected chi connectivity index (χ1v) is 7.88. The van der Waals surface area contributed by atoms with Crippen LogP contribution in [-0.2, 0) is 6.54 Å². The van der Waals surface area contributed by atoms with Crippen molar-refractivity contribution in [2.45, 2.75) is 6.54 Å². The Morgan fingerprint density at radius 2 is 1.92 bits per heavy atom. The highest BCUT2D eigenvalue weighted by molar-refractivity contribution is 5.97. The summed E-state index contributed by atoms with van der Waals surface area (Å²) in [6, 6.07) is 14.5. The van der Waals surface area contributed by atoms with E-state index < -0.39 is 0 Å². The summed E-state index contributed by atoms with van der Waals surface area (Å²) >= 11 is 0. The summed E-state index contributed by atoms with van der Waals surface area (Å²) in [5.41, 5.74) is 8.22. The number of methoxy groups -OCH3 is 1. The number of hydrogen-bond donors (Lipinski definition) is 1.